The Morgan fingerprint density at radius 1 is 0.911 bits per heavy atom. The Bertz CT molecular complexity index is 1710. The van der Waals surface area contributed by atoms with Crippen LogP contribution in [0.25, 0.3) is 11.1 Å². The summed E-state index contributed by atoms with van der Waals surface area (Å²) >= 11 is 1.55. The van der Waals surface area contributed by atoms with E-state index < -0.39 is 6.29 Å². The van der Waals surface area contributed by atoms with E-state index in [9.17, 15) is 9.90 Å². The topological polar surface area (TPSA) is 111 Å². The minimum absolute atomic E-state index is 0.00698. The fourth-order valence-electron chi connectivity index (χ4n) is 5.45. The number of hydrogen-bond donors (Lipinski definition) is 2. The third-order valence-electron chi connectivity index (χ3n) is 8.07. The van der Waals surface area contributed by atoms with Crippen LogP contribution >= 0.6 is 11.8 Å². The molecule has 2 heterocycles. The number of tetrazole rings is 1. The molecule has 0 spiro atoms. The average Bonchev–Trinajstić information content (AvgIpc) is 3.51. The van der Waals surface area contributed by atoms with Gasteiger partial charge in [-0.05, 0) is 50.4 Å². The van der Waals surface area contributed by atoms with Gasteiger partial charge in [-0.3, -0.25) is 4.79 Å². The molecule has 1 aliphatic rings. The van der Waals surface area contributed by atoms with E-state index in [0.29, 0.717) is 17.9 Å². The number of carbonyl (C=O) groups is 1. The monoisotopic (exact) mass is 621 g/mol. The van der Waals surface area contributed by atoms with Crippen molar-refractivity contribution in [2.75, 3.05) is 5.75 Å². The molecule has 230 valence electrons. The van der Waals surface area contributed by atoms with Gasteiger partial charge in [0.1, 0.15) is 0 Å². The number of aryl methyl sites for hydroxylation is 1. The fourth-order valence-corrected chi connectivity index (χ4v) is 6.47. The highest BCUT2D eigenvalue weighted by Crippen LogP contribution is 2.43. The summed E-state index contributed by atoms with van der Waals surface area (Å²) in [4.78, 5) is 12.7. The first-order valence-electron chi connectivity index (χ1n) is 14.9. The molecule has 1 aromatic heterocycles. The molecule has 0 unspecified atom stereocenters. The van der Waals surface area contributed by atoms with Gasteiger partial charge in [-0.1, -0.05) is 110 Å². The number of nitrogens with one attached hydrogen (secondary N) is 1. The van der Waals surface area contributed by atoms with E-state index >= 15 is 0 Å². The minimum Gasteiger partial charge on any atom is -0.392 e. The summed E-state index contributed by atoms with van der Waals surface area (Å²) in [7, 11) is 1.82. The van der Waals surface area contributed by atoms with E-state index in [1.165, 1.54) is 0 Å². The van der Waals surface area contributed by atoms with Crippen LogP contribution < -0.4 is 5.32 Å². The standard InChI is InChI=1S/C35H35N5O4S/c1-23-31(22-45-35-37-38-39-40(35)2)43-34(44-32(23)26-14-12-24(21-41)13-15-26)28-18-16-25(17-19-28)30-11-7-6-10-29(30)20-36-33(42)27-8-4-3-5-9-27/h3-19,23,31-32,34,41H,20-22H2,1-2H3,(H,36,42)/t23-,31+,32+,34+/m0/s1. The number of carbonyl (C=O) groups excluding carboxylic acids is 1. The van der Waals surface area contributed by atoms with Crippen molar-refractivity contribution in [2.45, 2.75) is 43.7 Å². The Labute approximate surface area is 266 Å². The van der Waals surface area contributed by atoms with E-state index in [0.717, 1.165) is 38.5 Å². The molecule has 45 heavy (non-hydrogen) atoms. The highest BCUT2D eigenvalue weighted by Gasteiger charge is 2.38. The maximum atomic E-state index is 12.7. The van der Waals surface area contributed by atoms with Crippen molar-refractivity contribution in [1.29, 1.82) is 0 Å². The molecule has 1 amide bonds. The molecule has 1 aliphatic heterocycles. The van der Waals surface area contributed by atoms with Gasteiger partial charge in [-0.2, -0.15) is 0 Å². The first-order valence-corrected chi connectivity index (χ1v) is 15.9. The molecule has 0 radical (unpaired) electrons. The van der Waals surface area contributed by atoms with Crippen molar-refractivity contribution in [3.8, 4) is 11.1 Å². The zero-order valence-corrected chi connectivity index (χ0v) is 25.9. The quantitative estimate of drug-likeness (QED) is 0.186. The maximum absolute atomic E-state index is 12.7. The van der Waals surface area contributed by atoms with Gasteiger partial charge in [0, 0.05) is 36.4 Å². The lowest BCUT2D eigenvalue weighted by atomic mass is 9.91. The molecule has 1 saturated heterocycles. The summed E-state index contributed by atoms with van der Waals surface area (Å²) in [5, 5.41) is 25.1. The Morgan fingerprint density at radius 3 is 2.33 bits per heavy atom. The van der Waals surface area contributed by atoms with Crippen molar-refractivity contribution >= 4 is 17.7 Å². The van der Waals surface area contributed by atoms with Crippen LogP contribution in [0, 0.1) is 5.92 Å². The number of amides is 1. The lowest BCUT2D eigenvalue weighted by molar-refractivity contribution is -0.268. The molecule has 1 fully saturated rings. The molecule has 4 atom stereocenters. The zero-order chi connectivity index (χ0) is 31.2. The highest BCUT2D eigenvalue weighted by atomic mass is 32.2. The van der Waals surface area contributed by atoms with Gasteiger partial charge in [-0.25, -0.2) is 4.68 Å². The molecule has 0 saturated carbocycles. The summed E-state index contributed by atoms with van der Waals surface area (Å²) in [5.74, 6) is 0.595. The molecular formula is C35H35N5O4S. The van der Waals surface area contributed by atoms with Crippen LogP contribution in [0.1, 0.15) is 51.9 Å². The second-order valence-corrected chi connectivity index (χ2v) is 12.0. The number of aromatic nitrogens is 4. The summed E-state index contributed by atoms with van der Waals surface area (Å²) < 4.78 is 14.9. The Kier molecular flexibility index (Phi) is 9.66. The molecule has 5 aromatic rings. The van der Waals surface area contributed by atoms with Gasteiger partial charge >= 0.3 is 0 Å². The third-order valence-corrected chi connectivity index (χ3v) is 9.17. The van der Waals surface area contributed by atoms with E-state index in [4.69, 9.17) is 9.47 Å². The van der Waals surface area contributed by atoms with Gasteiger partial charge in [0.25, 0.3) is 5.91 Å². The number of hydrogen-bond acceptors (Lipinski definition) is 8. The summed E-state index contributed by atoms with van der Waals surface area (Å²) in [6.45, 7) is 2.54. The minimum atomic E-state index is -0.582. The van der Waals surface area contributed by atoms with Gasteiger partial charge < -0.3 is 19.9 Å². The predicted octanol–water partition coefficient (Wildman–Crippen LogP) is 5.88. The summed E-state index contributed by atoms with van der Waals surface area (Å²) in [6, 6.07) is 33.4. The molecule has 0 aliphatic carbocycles. The molecule has 4 aromatic carbocycles. The number of thioether (sulfide) groups is 1. The maximum Gasteiger partial charge on any atom is 0.251 e. The van der Waals surface area contributed by atoms with E-state index in [2.05, 4.69) is 46.0 Å². The molecule has 6 rings (SSSR count). The van der Waals surface area contributed by atoms with Crippen LogP contribution in [0.3, 0.4) is 0 Å². The number of benzene rings is 4. The number of nitrogens with zero attached hydrogens (tertiary/aromatic N) is 4. The van der Waals surface area contributed by atoms with Crippen molar-refractivity contribution in [3.63, 3.8) is 0 Å². The first kappa shape index (κ1) is 30.7. The van der Waals surface area contributed by atoms with Crippen molar-refractivity contribution < 1.29 is 19.4 Å². The second kappa shape index (κ2) is 14.2. The Balaban J connectivity index is 1.21. The van der Waals surface area contributed by atoms with Crippen LogP contribution in [0.4, 0.5) is 0 Å². The zero-order valence-electron chi connectivity index (χ0n) is 25.1. The van der Waals surface area contributed by atoms with Gasteiger partial charge in [0.2, 0.25) is 5.16 Å². The first-order chi connectivity index (χ1) is 22.0. The van der Waals surface area contributed by atoms with Gasteiger partial charge in [-0.15, -0.1) is 5.10 Å². The second-order valence-electron chi connectivity index (χ2n) is 11.0. The summed E-state index contributed by atoms with van der Waals surface area (Å²) in [6.07, 6.45) is -0.934. The largest absolute Gasteiger partial charge is 0.392 e. The lowest BCUT2D eigenvalue weighted by Gasteiger charge is -2.41. The summed E-state index contributed by atoms with van der Waals surface area (Å²) in [5.41, 5.74) is 6.53. The Hall–Kier alpha value is -4.35. The molecule has 2 N–H and O–H groups in total. The SMILES string of the molecule is C[C@H]1[C@@H](CSc2nnnn2C)O[C@@H](c2ccc(-c3ccccc3CNC(=O)c3ccccc3)cc2)O[C@H]1c1ccc(CO)cc1. The number of aliphatic hydroxyl groups is 1. The van der Waals surface area contributed by atoms with E-state index in [1.807, 2.05) is 79.8 Å². The number of ether oxygens (including phenoxy) is 2. The third kappa shape index (κ3) is 7.15. The molecule has 0 bridgehead atoms. The van der Waals surface area contributed by atoms with Crippen LogP contribution in [0.15, 0.2) is 108 Å². The fraction of sp³-hybridized carbons (Fsp3) is 0.257. The van der Waals surface area contributed by atoms with Crippen LogP contribution in [0.2, 0.25) is 0 Å². The van der Waals surface area contributed by atoms with Crippen molar-refractivity contribution in [1.82, 2.24) is 25.5 Å². The van der Waals surface area contributed by atoms with Crippen molar-refractivity contribution in [3.05, 3.63) is 131 Å². The Morgan fingerprint density at radius 2 is 1.62 bits per heavy atom. The average molecular weight is 622 g/mol. The van der Waals surface area contributed by atoms with Crippen molar-refractivity contribution in [2.24, 2.45) is 13.0 Å². The number of rotatable bonds is 10. The lowest BCUT2D eigenvalue weighted by Crippen LogP contribution is -2.38. The van der Waals surface area contributed by atoms with E-state index in [-0.39, 0.29) is 30.6 Å². The van der Waals surface area contributed by atoms with Crippen LogP contribution in [-0.2, 0) is 29.7 Å². The molecule has 10 heteroatoms. The normalized spacial score (nSPS) is 19.7. The van der Waals surface area contributed by atoms with Gasteiger partial charge in [0.05, 0.1) is 18.8 Å². The van der Waals surface area contributed by atoms with Crippen LogP contribution in [-0.4, -0.2) is 43.1 Å². The molecular weight excluding hydrogens is 586 g/mol. The highest BCUT2D eigenvalue weighted by molar-refractivity contribution is 7.99. The molecule has 9 nitrogen and oxygen atoms in total. The van der Waals surface area contributed by atoms with Crippen LogP contribution in [0.5, 0.6) is 0 Å². The van der Waals surface area contributed by atoms with Gasteiger partial charge in [0.15, 0.2) is 6.29 Å². The number of aliphatic hydroxyl groups excluding tert-OH is 1. The predicted molar refractivity (Wildman–Crippen MR) is 172 cm³/mol. The van der Waals surface area contributed by atoms with E-state index in [1.54, 1.807) is 28.6 Å². The smallest absolute Gasteiger partial charge is 0.251 e.